The molecule has 6 nitrogen and oxygen atoms in total. The highest BCUT2D eigenvalue weighted by Gasteiger charge is 1.91. The summed E-state index contributed by atoms with van der Waals surface area (Å²) in [6, 6.07) is 0. The van der Waals surface area contributed by atoms with Gasteiger partial charge in [-0.25, -0.2) is 5.43 Å². The maximum atomic E-state index is 10.3. The second-order valence-corrected chi connectivity index (χ2v) is 1.49. The summed E-state index contributed by atoms with van der Waals surface area (Å²) in [6.07, 6.45) is 0. The molecule has 1 amide bonds. The van der Waals surface area contributed by atoms with E-state index in [1.165, 1.54) is 6.92 Å². The Morgan fingerprint density at radius 1 is 1.70 bits per heavy atom. The first-order chi connectivity index (χ1) is 4.66. The van der Waals surface area contributed by atoms with Crippen molar-refractivity contribution in [2.45, 2.75) is 6.92 Å². The average molecular weight is 143 g/mol. The molecular weight excluding hydrogens is 134 g/mol. The molecule has 0 saturated carbocycles. The van der Waals surface area contributed by atoms with Crippen LogP contribution in [0.5, 0.6) is 0 Å². The van der Waals surface area contributed by atoms with Crippen LogP contribution in [0.15, 0.2) is 22.8 Å². The Labute approximate surface area is 58.1 Å². The van der Waals surface area contributed by atoms with Gasteiger partial charge < -0.3 is 11.2 Å². The molecule has 0 aliphatic carbocycles. The van der Waals surface area contributed by atoms with E-state index in [2.05, 4.69) is 33.6 Å². The number of carbonyl (C=O) groups is 1. The third-order valence-electron chi connectivity index (χ3n) is 0.570. The number of hydrogen-bond acceptors (Lipinski definition) is 3. The standard InChI is InChI=1S/C4H9N5O/c1-3(6-4(2)10)7-9-8-5/h1H2,2H3,(H2,5,9)(H,6,10)(H,7,8). The van der Waals surface area contributed by atoms with Crippen molar-refractivity contribution in [3.63, 3.8) is 0 Å². The van der Waals surface area contributed by atoms with E-state index < -0.39 is 0 Å². The van der Waals surface area contributed by atoms with Gasteiger partial charge in [0.25, 0.3) is 0 Å². The molecule has 10 heavy (non-hydrogen) atoms. The van der Waals surface area contributed by atoms with Crippen molar-refractivity contribution in [2.75, 3.05) is 0 Å². The predicted octanol–water partition coefficient (Wildman–Crippen LogP) is -0.576. The van der Waals surface area contributed by atoms with Crippen molar-refractivity contribution in [3.05, 3.63) is 12.4 Å². The van der Waals surface area contributed by atoms with Crippen molar-refractivity contribution in [2.24, 2.45) is 16.3 Å². The second-order valence-electron chi connectivity index (χ2n) is 1.49. The summed E-state index contributed by atoms with van der Waals surface area (Å²) in [4.78, 5) is 10.3. The fourth-order valence-electron chi connectivity index (χ4n) is 0.330. The Morgan fingerprint density at radius 3 is 2.70 bits per heavy atom. The molecule has 0 aromatic rings. The molecule has 6 heteroatoms. The molecule has 56 valence electrons. The van der Waals surface area contributed by atoms with E-state index in [9.17, 15) is 4.79 Å². The molecular formula is C4H9N5O. The molecule has 0 aliphatic rings. The number of nitrogens with two attached hydrogens (primary N) is 1. The van der Waals surface area contributed by atoms with Crippen LogP contribution in [0.2, 0.25) is 0 Å². The number of carbonyl (C=O) groups excluding carboxylic acids is 1. The summed E-state index contributed by atoms with van der Waals surface area (Å²) in [7, 11) is 0. The van der Waals surface area contributed by atoms with Crippen LogP contribution in [0.3, 0.4) is 0 Å². The predicted molar refractivity (Wildman–Crippen MR) is 35.1 cm³/mol. The molecule has 0 rings (SSSR count). The normalized spacial score (nSPS) is 9.30. The van der Waals surface area contributed by atoms with Crippen LogP contribution in [0.1, 0.15) is 6.92 Å². The van der Waals surface area contributed by atoms with Crippen molar-refractivity contribution < 1.29 is 4.79 Å². The Balaban J connectivity index is 3.54. The zero-order chi connectivity index (χ0) is 7.98. The molecule has 0 spiro atoms. The lowest BCUT2D eigenvalue weighted by Crippen LogP contribution is -2.25. The first-order valence-electron chi connectivity index (χ1n) is 2.49. The van der Waals surface area contributed by atoms with Gasteiger partial charge in [0.2, 0.25) is 5.91 Å². The SMILES string of the molecule is C=C(N/N=N\N)NC(C)=O. The molecule has 0 aromatic carbocycles. The van der Waals surface area contributed by atoms with E-state index in [1.807, 2.05) is 0 Å². The van der Waals surface area contributed by atoms with Gasteiger partial charge in [0.1, 0.15) is 5.82 Å². The lowest BCUT2D eigenvalue weighted by atomic mass is 10.6. The fourth-order valence-corrected chi connectivity index (χ4v) is 0.330. The summed E-state index contributed by atoms with van der Waals surface area (Å²) < 4.78 is 0. The lowest BCUT2D eigenvalue weighted by Gasteiger charge is -2.01. The van der Waals surface area contributed by atoms with E-state index in [0.717, 1.165) is 0 Å². The average Bonchev–Trinajstić information content (AvgIpc) is 1.82. The number of rotatable bonds is 3. The molecule has 0 radical (unpaired) electrons. The summed E-state index contributed by atoms with van der Waals surface area (Å²) in [5.74, 6) is 4.66. The van der Waals surface area contributed by atoms with Crippen LogP contribution in [0.4, 0.5) is 0 Å². The third-order valence-corrected chi connectivity index (χ3v) is 0.570. The third kappa shape index (κ3) is 4.57. The number of nitrogens with zero attached hydrogens (tertiary/aromatic N) is 2. The van der Waals surface area contributed by atoms with Crippen molar-refractivity contribution in [1.82, 2.24) is 10.7 Å². The van der Waals surface area contributed by atoms with Crippen LogP contribution in [0, 0.1) is 0 Å². The summed E-state index contributed by atoms with van der Waals surface area (Å²) in [5.41, 5.74) is 2.27. The minimum absolute atomic E-state index is 0.232. The summed E-state index contributed by atoms with van der Waals surface area (Å²) in [5, 5.41) is 8.37. The monoisotopic (exact) mass is 143 g/mol. The molecule has 0 unspecified atom stereocenters. The quantitative estimate of drug-likeness (QED) is 0.280. The van der Waals surface area contributed by atoms with Gasteiger partial charge in [-0.05, 0) is 0 Å². The molecule has 4 N–H and O–H groups in total. The Hall–Kier alpha value is -1.59. The first kappa shape index (κ1) is 8.41. The van der Waals surface area contributed by atoms with Crippen molar-refractivity contribution in [3.8, 4) is 0 Å². The van der Waals surface area contributed by atoms with Gasteiger partial charge in [0.05, 0.1) is 0 Å². The lowest BCUT2D eigenvalue weighted by molar-refractivity contribution is -0.118. The van der Waals surface area contributed by atoms with Gasteiger partial charge in [-0.3, -0.25) is 4.79 Å². The van der Waals surface area contributed by atoms with Crippen LogP contribution in [0.25, 0.3) is 0 Å². The van der Waals surface area contributed by atoms with E-state index in [-0.39, 0.29) is 11.7 Å². The van der Waals surface area contributed by atoms with E-state index >= 15 is 0 Å². The Kier molecular flexibility index (Phi) is 3.62. The molecule has 0 saturated heterocycles. The molecule has 0 aromatic heterocycles. The van der Waals surface area contributed by atoms with Gasteiger partial charge in [0, 0.05) is 6.92 Å². The van der Waals surface area contributed by atoms with Crippen LogP contribution in [-0.4, -0.2) is 5.91 Å². The molecule has 0 aliphatic heterocycles. The summed E-state index contributed by atoms with van der Waals surface area (Å²) >= 11 is 0. The fraction of sp³-hybridized carbons (Fsp3) is 0.250. The van der Waals surface area contributed by atoms with Gasteiger partial charge in [-0.15, -0.1) is 0 Å². The van der Waals surface area contributed by atoms with Crippen LogP contribution < -0.4 is 16.6 Å². The highest BCUT2D eigenvalue weighted by molar-refractivity contribution is 5.74. The molecule has 0 fully saturated rings. The van der Waals surface area contributed by atoms with E-state index in [0.29, 0.717) is 0 Å². The largest absolute Gasteiger partial charge is 0.312 e. The van der Waals surface area contributed by atoms with Gasteiger partial charge in [-0.2, -0.15) is 0 Å². The topological polar surface area (TPSA) is 91.9 Å². The molecule has 0 bridgehead atoms. The van der Waals surface area contributed by atoms with E-state index in [1.54, 1.807) is 0 Å². The zero-order valence-corrected chi connectivity index (χ0v) is 5.59. The first-order valence-corrected chi connectivity index (χ1v) is 2.49. The number of amides is 1. The van der Waals surface area contributed by atoms with Gasteiger partial charge in [-0.1, -0.05) is 17.0 Å². The molecule has 0 heterocycles. The maximum Gasteiger partial charge on any atom is 0.222 e. The van der Waals surface area contributed by atoms with Gasteiger partial charge in [0.15, 0.2) is 0 Å². The smallest absolute Gasteiger partial charge is 0.222 e. The Morgan fingerprint density at radius 2 is 2.30 bits per heavy atom. The number of hydrogen-bond donors (Lipinski definition) is 3. The summed E-state index contributed by atoms with van der Waals surface area (Å²) in [6.45, 7) is 4.73. The number of nitrogens with one attached hydrogen (secondary N) is 2. The highest BCUT2D eigenvalue weighted by atomic mass is 16.1. The van der Waals surface area contributed by atoms with Crippen LogP contribution >= 0.6 is 0 Å². The van der Waals surface area contributed by atoms with Crippen LogP contribution in [-0.2, 0) is 4.79 Å². The Bertz CT molecular complexity index is 163. The molecule has 0 atom stereocenters. The zero-order valence-electron chi connectivity index (χ0n) is 5.59. The second kappa shape index (κ2) is 4.30. The van der Waals surface area contributed by atoms with Crippen molar-refractivity contribution in [1.29, 1.82) is 0 Å². The van der Waals surface area contributed by atoms with E-state index in [4.69, 9.17) is 0 Å². The highest BCUT2D eigenvalue weighted by Crippen LogP contribution is 1.75. The minimum atomic E-state index is -0.232. The van der Waals surface area contributed by atoms with Crippen molar-refractivity contribution >= 4 is 5.91 Å². The minimum Gasteiger partial charge on any atom is -0.312 e. The maximum absolute atomic E-state index is 10.3. The van der Waals surface area contributed by atoms with Gasteiger partial charge >= 0.3 is 0 Å².